The molecule has 2 N–H and O–H groups in total. The molecule has 0 radical (unpaired) electrons. The molecular formula is C21H29N3O7S2. The van der Waals surface area contributed by atoms with Gasteiger partial charge in [0.15, 0.2) is 0 Å². The predicted molar refractivity (Wildman–Crippen MR) is 127 cm³/mol. The van der Waals surface area contributed by atoms with Gasteiger partial charge in [-0.05, 0) is 63.2 Å². The fourth-order valence-corrected chi connectivity index (χ4v) is 5.56. The second-order valence-electron chi connectivity index (χ2n) is 7.56. The van der Waals surface area contributed by atoms with Crippen molar-refractivity contribution < 1.29 is 31.1 Å². The van der Waals surface area contributed by atoms with Crippen molar-refractivity contribution in [2.24, 2.45) is 0 Å². The van der Waals surface area contributed by atoms with Crippen LogP contribution in [0.2, 0.25) is 0 Å². The first-order valence-electron chi connectivity index (χ1n) is 9.95. The van der Waals surface area contributed by atoms with Crippen LogP contribution in [0.1, 0.15) is 20.8 Å². The number of ether oxygens (including phenoxy) is 2. The maximum absolute atomic E-state index is 13.0. The second-order valence-corrected chi connectivity index (χ2v) is 11.1. The molecule has 0 unspecified atom stereocenters. The van der Waals surface area contributed by atoms with Gasteiger partial charge in [-0.1, -0.05) is 0 Å². The van der Waals surface area contributed by atoms with Crippen LogP contribution in [0.5, 0.6) is 11.5 Å². The van der Waals surface area contributed by atoms with E-state index < -0.39 is 32.0 Å². The maximum Gasteiger partial charge on any atom is 0.248 e. The van der Waals surface area contributed by atoms with E-state index in [4.69, 9.17) is 9.47 Å². The largest absolute Gasteiger partial charge is 0.497 e. The topological polar surface area (TPSA) is 131 Å². The van der Waals surface area contributed by atoms with Crippen molar-refractivity contribution in [1.82, 2.24) is 4.72 Å². The van der Waals surface area contributed by atoms with Crippen molar-refractivity contribution in [3.63, 3.8) is 0 Å². The zero-order chi connectivity index (χ0) is 25.0. The normalized spacial score (nSPS) is 12.8. The lowest BCUT2D eigenvalue weighted by Crippen LogP contribution is -2.45. The highest BCUT2D eigenvalue weighted by Gasteiger charge is 2.30. The summed E-state index contributed by atoms with van der Waals surface area (Å²) >= 11 is 0. The van der Waals surface area contributed by atoms with Crippen molar-refractivity contribution in [3.05, 3.63) is 42.5 Å². The van der Waals surface area contributed by atoms with Crippen LogP contribution in [-0.2, 0) is 24.8 Å². The first-order valence-corrected chi connectivity index (χ1v) is 13.3. The van der Waals surface area contributed by atoms with Gasteiger partial charge in [0.2, 0.25) is 26.0 Å². The van der Waals surface area contributed by atoms with E-state index in [-0.39, 0.29) is 28.1 Å². The third kappa shape index (κ3) is 6.59. The number of hydrogen-bond acceptors (Lipinski definition) is 7. The molecule has 0 bridgehead atoms. The van der Waals surface area contributed by atoms with Crippen molar-refractivity contribution in [2.75, 3.05) is 30.1 Å². The Labute approximate surface area is 195 Å². The van der Waals surface area contributed by atoms with E-state index in [1.165, 1.54) is 51.5 Å². The third-order valence-electron chi connectivity index (χ3n) is 4.55. The molecule has 0 aliphatic carbocycles. The van der Waals surface area contributed by atoms with Crippen LogP contribution in [0, 0.1) is 0 Å². The van der Waals surface area contributed by atoms with Crippen LogP contribution >= 0.6 is 0 Å². The maximum atomic E-state index is 13.0. The number of methoxy groups -OCH3 is 2. The van der Waals surface area contributed by atoms with Crippen molar-refractivity contribution in [1.29, 1.82) is 0 Å². The summed E-state index contributed by atoms with van der Waals surface area (Å²) < 4.78 is 63.8. The highest BCUT2D eigenvalue weighted by atomic mass is 32.2. The molecule has 0 saturated carbocycles. The minimum Gasteiger partial charge on any atom is -0.497 e. The van der Waals surface area contributed by atoms with Crippen LogP contribution in [0.4, 0.5) is 11.4 Å². The Hall–Kier alpha value is -2.83. The van der Waals surface area contributed by atoms with E-state index in [2.05, 4.69) is 10.0 Å². The van der Waals surface area contributed by atoms with Gasteiger partial charge < -0.3 is 14.8 Å². The van der Waals surface area contributed by atoms with E-state index in [1.54, 1.807) is 26.0 Å². The first kappa shape index (κ1) is 26.4. The van der Waals surface area contributed by atoms with Gasteiger partial charge in [0.05, 0.1) is 36.7 Å². The molecule has 0 aliphatic rings. The average Bonchev–Trinajstić information content (AvgIpc) is 2.72. The standard InChI is InChI=1S/C21H29N3O7S2/c1-14(2)23-33(28,29)18-11-12-20(31-5)19(13-18)22-21(25)15(3)24(32(6,26)27)16-7-9-17(30-4)10-8-16/h7-15,23H,1-6H3,(H,22,25)/t15-/m1/s1. The molecule has 0 fully saturated rings. The monoisotopic (exact) mass is 499 g/mol. The summed E-state index contributed by atoms with van der Waals surface area (Å²) in [7, 11) is -4.81. The van der Waals surface area contributed by atoms with Gasteiger partial charge >= 0.3 is 0 Å². The fourth-order valence-electron chi connectivity index (χ4n) is 3.11. The van der Waals surface area contributed by atoms with Crippen LogP contribution in [0.15, 0.2) is 47.4 Å². The van der Waals surface area contributed by atoms with Gasteiger partial charge in [0.1, 0.15) is 17.5 Å². The average molecular weight is 500 g/mol. The summed E-state index contributed by atoms with van der Waals surface area (Å²) in [6.07, 6.45) is 0.992. The van der Waals surface area contributed by atoms with Gasteiger partial charge in [-0.15, -0.1) is 0 Å². The summed E-state index contributed by atoms with van der Waals surface area (Å²) in [5.74, 6) is 0.0670. The summed E-state index contributed by atoms with van der Waals surface area (Å²) in [6.45, 7) is 4.79. The van der Waals surface area contributed by atoms with Gasteiger partial charge in [-0.25, -0.2) is 21.6 Å². The Bertz CT molecular complexity index is 1190. The van der Waals surface area contributed by atoms with Crippen molar-refractivity contribution >= 4 is 37.3 Å². The lowest BCUT2D eigenvalue weighted by molar-refractivity contribution is -0.116. The molecule has 0 aromatic heterocycles. The predicted octanol–water partition coefficient (Wildman–Crippen LogP) is 2.18. The van der Waals surface area contributed by atoms with Crippen LogP contribution in [0.3, 0.4) is 0 Å². The molecule has 1 amide bonds. The molecule has 0 saturated heterocycles. The molecule has 12 heteroatoms. The lowest BCUT2D eigenvalue weighted by Gasteiger charge is -2.28. The Kier molecular flexibility index (Phi) is 8.33. The summed E-state index contributed by atoms with van der Waals surface area (Å²) in [5.41, 5.74) is 0.356. The number of nitrogens with one attached hydrogen (secondary N) is 2. The highest BCUT2D eigenvalue weighted by Crippen LogP contribution is 2.29. The van der Waals surface area contributed by atoms with Crippen LogP contribution in [-0.4, -0.2) is 55.3 Å². The van der Waals surface area contributed by atoms with Crippen LogP contribution < -0.4 is 23.8 Å². The molecule has 10 nitrogen and oxygen atoms in total. The SMILES string of the molecule is COc1ccc(N([C@H](C)C(=O)Nc2cc(S(=O)(=O)NC(C)C)ccc2OC)S(C)(=O)=O)cc1. The first-order chi connectivity index (χ1) is 15.3. The van der Waals surface area contributed by atoms with E-state index >= 15 is 0 Å². The number of amides is 1. The molecule has 2 aromatic carbocycles. The molecule has 182 valence electrons. The second kappa shape index (κ2) is 10.4. The number of carbonyl (C=O) groups excluding carboxylic acids is 1. The van der Waals surface area contributed by atoms with Crippen molar-refractivity contribution in [2.45, 2.75) is 37.8 Å². The zero-order valence-electron chi connectivity index (χ0n) is 19.3. The van der Waals surface area contributed by atoms with Gasteiger partial charge in [0.25, 0.3) is 0 Å². The van der Waals surface area contributed by atoms with Gasteiger partial charge in [-0.3, -0.25) is 9.10 Å². The number of rotatable bonds is 10. The van der Waals surface area contributed by atoms with E-state index in [0.29, 0.717) is 5.75 Å². The smallest absolute Gasteiger partial charge is 0.248 e. The fraction of sp³-hybridized carbons (Fsp3) is 0.381. The summed E-state index contributed by atoms with van der Waals surface area (Å²) in [4.78, 5) is 13.0. The minimum atomic E-state index is -3.84. The number of hydrogen-bond donors (Lipinski definition) is 2. The number of carbonyl (C=O) groups is 1. The third-order valence-corrected chi connectivity index (χ3v) is 7.44. The van der Waals surface area contributed by atoms with Gasteiger partial charge in [-0.2, -0.15) is 0 Å². The van der Waals surface area contributed by atoms with Crippen molar-refractivity contribution in [3.8, 4) is 11.5 Å². The molecule has 0 aliphatic heterocycles. The summed E-state index contributed by atoms with van der Waals surface area (Å²) in [5, 5.41) is 2.58. The molecule has 1 atom stereocenters. The Morgan fingerprint density at radius 1 is 0.939 bits per heavy atom. The number of nitrogens with zero attached hydrogens (tertiary/aromatic N) is 1. The van der Waals surface area contributed by atoms with E-state index in [1.807, 2.05) is 0 Å². The van der Waals surface area contributed by atoms with Gasteiger partial charge in [0, 0.05) is 6.04 Å². The van der Waals surface area contributed by atoms with E-state index in [0.717, 1.165) is 10.6 Å². The number of sulfonamides is 2. The molecule has 2 aromatic rings. The quantitative estimate of drug-likeness (QED) is 0.512. The molecule has 0 spiro atoms. The Balaban J connectivity index is 2.40. The van der Waals surface area contributed by atoms with E-state index in [9.17, 15) is 21.6 Å². The molecule has 0 heterocycles. The Morgan fingerprint density at radius 2 is 1.55 bits per heavy atom. The minimum absolute atomic E-state index is 0.0740. The number of benzene rings is 2. The zero-order valence-corrected chi connectivity index (χ0v) is 21.0. The highest BCUT2D eigenvalue weighted by molar-refractivity contribution is 7.92. The molecule has 2 rings (SSSR count). The van der Waals surface area contributed by atoms with Crippen LogP contribution in [0.25, 0.3) is 0 Å². The summed E-state index contributed by atoms with van der Waals surface area (Å²) in [6, 6.07) is 8.73. The number of anilines is 2. The lowest BCUT2D eigenvalue weighted by atomic mass is 10.2. The Morgan fingerprint density at radius 3 is 2.03 bits per heavy atom. The molecular weight excluding hydrogens is 470 g/mol. The molecule has 33 heavy (non-hydrogen) atoms.